The first kappa shape index (κ1) is 27.2. The summed E-state index contributed by atoms with van der Waals surface area (Å²) in [6.07, 6.45) is -0.665. The Kier molecular flexibility index (Phi) is 7.96. The van der Waals surface area contributed by atoms with Gasteiger partial charge in [-0.1, -0.05) is 57.2 Å². The van der Waals surface area contributed by atoms with Gasteiger partial charge in [-0.3, -0.25) is 0 Å². The highest BCUT2D eigenvalue weighted by molar-refractivity contribution is 5.54. The molecule has 5 heteroatoms. The maximum Gasteiger partial charge on any atom is 0.132 e. The summed E-state index contributed by atoms with van der Waals surface area (Å²) in [5.74, 6) is 0.544. The zero-order valence-corrected chi connectivity index (χ0v) is 23.1. The molecule has 3 aromatic rings. The summed E-state index contributed by atoms with van der Waals surface area (Å²) >= 11 is 0. The number of hydrogen-bond donors (Lipinski definition) is 1. The SMILES string of the molecule is CC(C)OC1c2cc(NCc3ccc(C(C)(C)C)cc3)ccc2OC(C)(C)C1OCc1ccc(F)cc1. The summed E-state index contributed by atoms with van der Waals surface area (Å²) in [6.45, 7) is 15.8. The second kappa shape index (κ2) is 10.8. The third kappa shape index (κ3) is 6.71. The van der Waals surface area contributed by atoms with Gasteiger partial charge in [-0.25, -0.2) is 4.39 Å². The Labute approximate surface area is 221 Å². The summed E-state index contributed by atoms with van der Waals surface area (Å²) < 4.78 is 32.6. The average molecular weight is 506 g/mol. The van der Waals surface area contributed by atoms with Crippen molar-refractivity contribution >= 4 is 5.69 Å². The van der Waals surface area contributed by atoms with Gasteiger partial charge in [0.2, 0.25) is 0 Å². The van der Waals surface area contributed by atoms with Crippen LogP contribution in [0.15, 0.2) is 66.7 Å². The van der Waals surface area contributed by atoms with Gasteiger partial charge in [-0.2, -0.15) is 0 Å². The molecule has 0 saturated heterocycles. The van der Waals surface area contributed by atoms with E-state index >= 15 is 0 Å². The smallest absolute Gasteiger partial charge is 0.132 e. The van der Waals surface area contributed by atoms with Crippen molar-refractivity contribution < 1.29 is 18.6 Å². The van der Waals surface area contributed by atoms with E-state index in [0.29, 0.717) is 6.61 Å². The van der Waals surface area contributed by atoms with Crippen molar-refractivity contribution in [2.75, 3.05) is 5.32 Å². The van der Waals surface area contributed by atoms with Gasteiger partial charge in [0, 0.05) is 17.8 Å². The number of ether oxygens (including phenoxy) is 3. The zero-order chi connectivity index (χ0) is 26.8. The summed E-state index contributed by atoms with van der Waals surface area (Å²) in [5.41, 5.74) is 4.93. The quantitative estimate of drug-likeness (QED) is 0.337. The number of benzene rings is 3. The predicted octanol–water partition coefficient (Wildman–Crippen LogP) is 7.96. The fraction of sp³-hybridized carbons (Fsp3) is 0.438. The lowest BCUT2D eigenvalue weighted by Crippen LogP contribution is -2.51. The van der Waals surface area contributed by atoms with Gasteiger partial charge in [0.1, 0.15) is 29.4 Å². The highest BCUT2D eigenvalue weighted by Gasteiger charge is 2.46. The Morgan fingerprint density at radius 1 is 0.946 bits per heavy atom. The van der Waals surface area contributed by atoms with Crippen LogP contribution in [0, 0.1) is 5.82 Å². The Balaban J connectivity index is 1.54. The lowest BCUT2D eigenvalue weighted by Gasteiger charge is -2.45. The molecule has 0 saturated carbocycles. The minimum Gasteiger partial charge on any atom is -0.485 e. The highest BCUT2D eigenvalue weighted by atomic mass is 19.1. The van der Waals surface area contributed by atoms with Gasteiger partial charge >= 0.3 is 0 Å². The molecule has 4 nitrogen and oxygen atoms in total. The van der Waals surface area contributed by atoms with Gasteiger partial charge < -0.3 is 19.5 Å². The molecule has 1 heterocycles. The minimum atomic E-state index is -0.615. The summed E-state index contributed by atoms with van der Waals surface area (Å²) in [4.78, 5) is 0. The van der Waals surface area contributed by atoms with Crippen LogP contribution in [-0.2, 0) is 28.0 Å². The van der Waals surface area contributed by atoms with Crippen molar-refractivity contribution in [2.45, 2.75) is 90.9 Å². The predicted molar refractivity (Wildman–Crippen MR) is 148 cm³/mol. The molecule has 0 aliphatic carbocycles. The third-order valence-corrected chi connectivity index (χ3v) is 6.73. The molecular weight excluding hydrogens is 465 g/mol. The summed E-state index contributed by atoms with van der Waals surface area (Å²) in [6, 6.07) is 21.3. The lowest BCUT2D eigenvalue weighted by molar-refractivity contribution is -0.177. The number of rotatable bonds is 8. The van der Waals surface area contributed by atoms with Crippen LogP contribution < -0.4 is 10.1 Å². The molecule has 37 heavy (non-hydrogen) atoms. The van der Waals surface area contributed by atoms with Gasteiger partial charge in [-0.15, -0.1) is 0 Å². The summed E-state index contributed by atoms with van der Waals surface area (Å²) in [5, 5.41) is 3.55. The maximum atomic E-state index is 13.4. The second-order valence-electron chi connectivity index (χ2n) is 11.7. The summed E-state index contributed by atoms with van der Waals surface area (Å²) in [7, 11) is 0. The lowest BCUT2D eigenvalue weighted by atomic mass is 9.87. The zero-order valence-electron chi connectivity index (χ0n) is 23.1. The van der Waals surface area contributed by atoms with Crippen LogP contribution in [0.2, 0.25) is 0 Å². The van der Waals surface area contributed by atoms with Gasteiger partial charge in [-0.05, 0) is 80.1 Å². The minimum absolute atomic E-state index is 0.00150. The standard InChI is InChI=1S/C32H40FNO3/c1-21(2)36-29-27-18-26(34-19-22-8-12-24(13-9-22)31(3,4)5)16-17-28(27)37-32(6,7)30(29)35-20-23-10-14-25(33)15-11-23/h8-18,21,29-30,34H,19-20H2,1-7H3. The van der Waals surface area contributed by atoms with Crippen molar-refractivity contribution in [1.29, 1.82) is 0 Å². The van der Waals surface area contributed by atoms with Crippen molar-refractivity contribution in [3.63, 3.8) is 0 Å². The van der Waals surface area contributed by atoms with E-state index in [9.17, 15) is 4.39 Å². The molecular formula is C32H40FNO3. The van der Waals surface area contributed by atoms with Crippen LogP contribution in [0.5, 0.6) is 5.75 Å². The van der Waals surface area contributed by atoms with E-state index in [1.54, 1.807) is 12.1 Å². The van der Waals surface area contributed by atoms with Crippen LogP contribution >= 0.6 is 0 Å². The second-order valence-corrected chi connectivity index (χ2v) is 11.7. The van der Waals surface area contributed by atoms with Crippen molar-refractivity contribution in [3.8, 4) is 5.75 Å². The van der Waals surface area contributed by atoms with Crippen LogP contribution in [-0.4, -0.2) is 17.8 Å². The van der Waals surface area contributed by atoms with Crippen molar-refractivity contribution in [3.05, 3.63) is 94.8 Å². The van der Waals surface area contributed by atoms with Crippen molar-refractivity contribution in [1.82, 2.24) is 0 Å². The number of halogens is 1. The average Bonchev–Trinajstić information content (AvgIpc) is 2.82. The van der Waals surface area contributed by atoms with Crippen LogP contribution in [0.3, 0.4) is 0 Å². The van der Waals surface area contributed by atoms with E-state index < -0.39 is 5.60 Å². The van der Waals surface area contributed by atoms with E-state index in [0.717, 1.165) is 29.1 Å². The number of anilines is 1. The first-order valence-electron chi connectivity index (χ1n) is 13.1. The van der Waals surface area contributed by atoms with E-state index in [4.69, 9.17) is 14.2 Å². The Morgan fingerprint density at radius 3 is 2.22 bits per heavy atom. The van der Waals surface area contributed by atoms with E-state index in [2.05, 4.69) is 56.4 Å². The molecule has 1 aliphatic heterocycles. The molecule has 0 amide bonds. The largest absolute Gasteiger partial charge is 0.485 e. The van der Waals surface area contributed by atoms with Crippen LogP contribution in [0.4, 0.5) is 10.1 Å². The molecule has 2 atom stereocenters. The molecule has 2 unspecified atom stereocenters. The molecule has 1 aliphatic rings. The molecule has 0 fully saturated rings. The Hall–Kier alpha value is -2.89. The Morgan fingerprint density at radius 2 is 1.59 bits per heavy atom. The molecule has 0 bridgehead atoms. The fourth-order valence-electron chi connectivity index (χ4n) is 4.66. The normalized spacial score (nSPS) is 18.8. The molecule has 3 aromatic carbocycles. The van der Waals surface area contributed by atoms with Crippen LogP contribution in [0.25, 0.3) is 0 Å². The van der Waals surface area contributed by atoms with Crippen molar-refractivity contribution in [2.24, 2.45) is 0 Å². The van der Waals surface area contributed by atoms with Gasteiger partial charge in [0.15, 0.2) is 0 Å². The Bertz CT molecular complexity index is 1180. The first-order chi connectivity index (χ1) is 17.4. The van der Waals surface area contributed by atoms with Gasteiger partial charge in [0.05, 0.1) is 12.7 Å². The third-order valence-electron chi connectivity index (χ3n) is 6.73. The van der Waals surface area contributed by atoms with E-state index in [1.807, 2.05) is 39.8 Å². The molecule has 198 valence electrons. The maximum absolute atomic E-state index is 13.4. The molecule has 0 radical (unpaired) electrons. The molecule has 0 spiro atoms. The molecule has 1 N–H and O–H groups in total. The van der Waals surface area contributed by atoms with E-state index in [-0.39, 0.29) is 29.5 Å². The topological polar surface area (TPSA) is 39.7 Å². The fourth-order valence-corrected chi connectivity index (χ4v) is 4.66. The number of nitrogens with one attached hydrogen (secondary N) is 1. The van der Waals surface area contributed by atoms with E-state index in [1.165, 1.54) is 23.3 Å². The first-order valence-corrected chi connectivity index (χ1v) is 13.1. The monoisotopic (exact) mass is 505 g/mol. The highest BCUT2D eigenvalue weighted by Crippen LogP contribution is 2.45. The van der Waals surface area contributed by atoms with Crippen LogP contribution in [0.1, 0.15) is 76.8 Å². The molecule has 4 rings (SSSR count). The number of fused-ring (bicyclic) bond motifs is 1. The number of hydrogen-bond acceptors (Lipinski definition) is 4. The van der Waals surface area contributed by atoms with Gasteiger partial charge in [0.25, 0.3) is 0 Å². The molecule has 0 aromatic heterocycles.